The van der Waals surface area contributed by atoms with Crippen molar-refractivity contribution in [3.8, 4) is 11.5 Å². The monoisotopic (exact) mass is 487 g/mol. The van der Waals surface area contributed by atoms with Crippen molar-refractivity contribution in [3.63, 3.8) is 0 Å². The number of thioether (sulfide) groups is 1. The predicted octanol–water partition coefficient (Wildman–Crippen LogP) is 4.70. The van der Waals surface area contributed by atoms with Gasteiger partial charge < -0.3 is 19.5 Å². The Kier molecular flexibility index (Phi) is 8.47. The Hall–Kier alpha value is -1.90. The van der Waals surface area contributed by atoms with Crippen molar-refractivity contribution in [2.45, 2.75) is 11.8 Å². The van der Waals surface area contributed by atoms with Crippen molar-refractivity contribution in [2.75, 3.05) is 31.9 Å². The fourth-order valence-corrected chi connectivity index (χ4v) is 3.77. The molecule has 0 aromatic heterocycles. The lowest BCUT2D eigenvalue weighted by molar-refractivity contribution is -0.144. The zero-order valence-electron chi connectivity index (χ0n) is 15.5. The van der Waals surface area contributed by atoms with Crippen LogP contribution in [0.5, 0.6) is 11.5 Å². The van der Waals surface area contributed by atoms with Gasteiger partial charge in [0.25, 0.3) is 5.91 Å². The number of ether oxygens (including phenoxy) is 3. The maximum atomic E-state index is 12.1. The fourth-order valence-electron chi connectivity index (χ4n) is 2.24. The van der Waals surface area contributed by atoms with E-state index < -0.39 is 18.5 Å². The Morgan fingerprint density at radius 1 is 1.14 bits per heavy atom. The van der Waals surface area contributed by atoms with E-state index in [1.54, 1.807) is 6.07 Å². The first-order valence-electron chi connectivity index (χ1n) is 8.10. The van der Waals surface area contributed by atoms with Crippen LogP contribution in [-0.4, -0.2) is 38.5 Å². The summed E-state index contributed by atoms with van der Waals surface area (Å²) in [7, 11) is 2.94. The van der Waals surface area contributed by atoms with E-state index >= 15 is 0 Å². The molecule has 0 radical (unpaired) electrons. The lowest BCUT2D eigenvalue weighted by Gasteiger charge is -2.13. The second-order valence-corrected chi connectivity index (χ2v) is 7.93. The second-order valence-electron chi connectivity index (χ2n) is 5.59. The maximum absolute atomic E-state index is 12.1. The van der Waals surface area contributed by atoms with Crippen molar-refractivity contribution in [1.82, 2.24) is 0 Å². The smallest absolute Gasteiger partial charge is 0.316 e. The molecule has 0 aliphatic carbocycles. The minimum Gasteiger partial charge on any atom is -0.495 e. The summed E-state index contributed by atoms with van der Waals surface area (Å²) >= 11 is 10.8. The number of rotatable bonds is 8. The van der Waals surface area contributed by atoms with Crippen LogP contribution in [0.15, 0.2) is 39.7 Å². The summed E-state index contributed by atoms with van der Waals surface area (Å²) in [5.74, 6) is -0.0849. The molecule has 0 aliphatic heterocycles. The van der Waals surface area contributed by atoms with Gasteiger partial charge in [-0.1, -0.05) is 27.5 Å². The van der Waals surface area contributed by atoms with Crippen LogP contribution in [0.4, 0.5) is 5.69 Å². The predicted molar refractivity (Wildman–Crippen MR) is 114 cm³/mol. The van der Waals surface area contributed by atoms with Crippen molar-refractivity contribution in [1.29, 1.82) is 0 Å². The van der Waals surface area contributed by atoms with Gasteiger partial charge in [0, 0.05) is 15.4 Å². The van der Waals surface area contributed by atoms with Gasteiger partial charge in [-0.05, 0) is 36.8 Å². The lowest BCUT2D eigenvalue weighted by atomic mass is 10.2. The van der Waals surface area contributed by atoms with Gasteiger partial charge in [-0.25, -0.2) is 0 Å². The van der Waals surface area contributed by atoms with Gasteiger partial charge in [-0.3, -0.25) is 9.59 Å². The normalized spacial score (nSPS) is 10.3. The van der Waals surface area contributed by atoms with Crippen molar-refractivity contribution < 1.29 is 23.8 Å². The number of nitrogens with one attached hydrogen (secondary N) is 1. The first-order valence-corrected chi connectivity index (χ1v) is 10.3. The van der Waals surface area contributed by atoms with Gasteiger partial charge >= 0.3 is 5.97 Å². The number of anilines is 1. The lowest BCUT2D eigenvalue weighted by Crippen LogP contribution is -2.22. The van der Waals surface area contributed by atoms with E-state index in [-0.39, 0.29) is 5.75 Å². The third-order valence-corrected chi connectivity index (χ3v) is 5.53. The summed E-state index contributed by atoms with van der Waals surface area (Å²) in [4.78, 5) is 25.0. The van der Waals surface area contributed by atoms with E-state index in [1.807, 2.05) is 25.1 Å². The molecule has 0 unspecified atom stereocenters. The molecule has 150 valence electrons. The van der Waals surface area contributed by atoms with E-state index in [2.05, 4.69) is 21.2 Å². The number of halogens is 2. The highest BCUT2D eigenvalue weighted by Crippen LogP contribution is 2.35. The van der Waals surface area contributed by atoms with Crippen LogP contribution in [0.25, 0.3) is 0 Å². The molecule has 9 heteroatoms. The largest absolute Gasteiger partial charge is 0.495 e. The summed E-state index contributed by atoms with van der Waals surface area (Å²) in [5.41, 5.74) is 1.41. The van der Waals surface area contributed by atoms with Gasteiger partial charge in [-0.15, -0.1) is 11.8 Å². The summed E-state index contributed by atoms with van der Waals surface area (Å²) in [5, 5.41) is 2.92. The Morgan fingerprint density at radius 3 is 2.50 bits per heavy atom. The molecule has 28 heavy (non-hydrogen) atoms. The fraction of sp³-hybridized carbons (Fsp3) is 0.263. The number of benzene rings is 2. The zero-order valence-corrected chi connectivity index (χ0v) is 18.7. The summed E-state index contributed by atoms with van der Waals surface area (Å²) in [6, 6.07) is 8.85. The standard InChI is InChI=1S/C19H19BrClNO5S/c1-11-6-12(20)4-5-17(11)28-10-19(24)27-9-18(23)22-14-7-13(21)15(25-2)8-16(14)26-3/h4-8H,9-10H2,1-3H3,(H,22,23). The third kappa shape index (κ3) is 6.32. The molecule has 1 amide bonds. The molecule has 2 aromatic rings. The Bertz CT molecular complexity index is 878. The number of methoxy groups -OCH3 is 2. The van der Waals surface area contributed by atoms with Crippen molar-refractivity contribution in [2.24, 2.45) is 0 Å². The molecule has 0 fully saturated rings. The Morgan fingerprint density at radius 2 is 1.86 bits per heavy atom. The summed E-state index contributed by atoms with van der Waals surface area (Å²) in [6.07, 6.45) is 0. The van der Waals surface area contributed by atoms with Crippen molar-refractivity contribution in [3.05, 3.63) is 45.4 Å². The second kappa shape index (κ2) is 10.6. The van der Waals surface area contributed by atoms with Gasteiger partial charge in [0.15, 0.2) is 6.61 Å². The number of hydrogen-bond donors (Lipinski definition) is 1. The van der Waals surface area contributed by atoms with Crippen LogP contribution in [0.1, 0.15) is 5.56 Å². The van der Waals surface area contributed by atoms with E-state index in [0.717, 1.165) is 14.9 Å². The molecule has 0 aliphatic rings. The number of hydrogen-bond acceptors (Lipinski definition) is 6. The molecular weight excluding hydrogens is 470 g/mol. The first-order chi connectivity index (χ1) is 13.3. The maximum Gasteiger partial charge on any atom is 0.316 e. The van der Waals surface area contributed by atoms with Crippen molar-refractivity contribution >= 4 is 56.9 Å². The SMILES string of the molecule is COc1cc(OC)c(NC(=O)COC(=O)CSc2ccc(Br)cc2C)cc1Cl. The molecule has 1 N–H and O–H groups in total. The number of aryl methyl sites for hydroxylation is 1. The van der Waals surface area contributed by atoms with Crippen LogP contribution >= 0.6 is 39.3 Å². The quantitative estimate of drug-likeness (QED) is 0.429. The average molecular weight is 489 g/mol. The van der Waals surface area contributed by atoms with Crippen LogP contribution < -0.4 is 14.8 Å². The van der Waals surface area contributed by atoms with Crippen LogP contribution in [0.3, 0.4) is 0 Å². The van der Waals surface area contributed by atoms with E-state index in [1.165, 1.54) is 32.0 Å². The molecule has 0 spiro atoms. The van der Waals surface area contributed by atoms with E-state index in [0.29, 0.717) is 22.2 Å². The van der Waals surface area contributed by atoms with E-state index in [4.69, 9.17) is 25.8 Å². The van der Waals surface area contributed by atoms with Gasteiger partial charge in [0.05, 0.1) is 30.7 Å². The molecule has 0 bridgehead atoms. The minimum absolute atomic E-state index is 0.105. The first kappa shape index (κ1) is 22.4. The Balaban J connectivity index is 1.86. The molecular formula is C19H19BrClNO5S. The van der Waals surface area contributed by atoms with Gasteiger partial charge in [0.1, 0.15) is 11.5 Å². The molecule has 2 rings (SSSR count). The summed E-state index contributed by atoms with van der Waals surface area (Å²) < 4.78 is 16.3. The highest BCUT2D eigenvalue weighted by Gasteiger charge is 2.14. The zero-order chi connectivity index (χ0) is 20.7. The topological polar surface area (TPSA) is 73.9 Å². The summed E-state index contributed by atoms with van der Waals surface area (Å²) in [6.45, 7) is 1.55. The van der Waals surface area contributed by atoms with Gasteiger partial charge in [-0.2, -0.15) is 0 Å². The molecule has 0 heterocycles. The third-order valence-electron chi connectivity index (χ3n) is 3.59. The Labute approximate surface area is 181 Å². The number of esters is 1. The molecule has 0 saturated carbocycles. The molecule has 6 nitrogen and oxygen atoms in total. The number of amides is 1. The molecule has 2 aromatic carbocycles. The molecule has 0 saturated heterocycles. The van der Waals surface area contributed by atoms with Crippen LogP contribution in [0.2, 0.25) is 5.02 Å². The number of carbonyl (C=O) groups is 2. The van der Waals surface area contributed by atoms with Crippen LogP contribution in [-0.2, 0) is 14.3 Å². The van der Waals surface area contributed by atoms with Crippen LogP contribution in [0, 0.1) is 6.92 Å². The number of carbonyl (C=O) groups excluding carboxylic acids is 2. The minimum atomic E-state index is -0.502. The highest BCUT2D eigenvalue weighted by atomic mass is 79.9. The van der Waals surface area contributed by atoms with Gasteiger partial charge in [0.2, 0.25) is 0 Å². The molecule has 0 atom stereocenters. The highest BCUT2D eigenvalue weighted by molar-refractivity contribution is 9.10. The van der Waals surface area contributed by atoms with E-state index in [9.17, 15) is 9.59 Å². The average Bonchev–Trinajstić information content (AvgIpc) is 2.66.